The second-order valence-electron chi connectivity index (χ2n) is 1.93. The molecule has 3 nitrogen and oxygen atoms in total. The molecule has 1 heterocycles. The van der Waals surface area contributed by atoms with Crippen LogP contribution in [0, 0.1) is 0 Å². The first-order valence-corrected chi connectivity index (χ1v) is 2.68. The van der Waals surface area contributed by atoms with Crippen LogP contribution in [0.4, 0.5) is 0 Å². The highest BCUT2D eigenvalue weighted by Crippen LogP contribution is 1.99. The lowest BCUT2D eigenvalue weighted by atomic mass is 10.4. The smallest absolute Gasteiger partial charge is 0.223 e. The van der Waals surface area contributed by atoms with Gasteiger partial charge in [0, 0.05) is 13.1 Å². The number of amides is 1. The van der Waals surface area contributed by atoms with Crippen molar-refractivity contribution in [1.29, 1.82) is 0 Å². The van der Waals surface area contributed by atoms with Gasteiger partial charge >= 0.3 is 0 Å². The predicted octanol–water partition coefficient (Wildman–Crippen LogP) is -0.0687. The third kappa shape index (κ3) is 1.16. The maximum absolute atomic E-state index is 10.5. The molecule has 1 aliphatic heterocycles. The van der Waals surface area contributed by atoms with Gasteiger partial charge in [-0.15, -0.1) is 0 Å². The minimum Gasteiger partial charge on any atom is -0.311 e. The fraction of sp³-hybridized carbons (Fsp3) is 0.333. The van der Waals surface area contributed by atoms with Crippen molar-refractivity contribution in [3.05, 3.63) is 12.3 Å². The second kappa shape index (κ2) is 2.01. The zero-order valence-corrected chi connectivity index (χ0v) is 5.13. The van der Waals surface area contributed by atoms with Crippen molar-refractivity contribution < 1.29 is 9.59 Å². The van der Waals surface area contributed by atoms with E-state index in [1.165, 1.54) is 24.1 Å². The Balaban J connectivity index is 2.60. The Bertz CT molecular complexity index is 183. The zero-order chi connectivity index (χ0) is 6.85. The van der Waals surface area contributed by atoms with Crippen molar-refractivity contribution in [3.63, 3.8) is 0 Å². The van der Waals surface area contributed by atoms with Crippen molar-refractivity contribution in [1.82, 2.24) is 4.90 Å². The van der Waals surface area contributed by atoms with Crippen LogP contribution < -0.4 is 0 Å². The minimum atomic E-state index is -0.0860. The van der Waals surface area contributed by atoms with Crippen LogP contribution in [0.3, 0.4) is 0 Å². The van der Waals surface area contributed by atoms with E-state index in [1.54, 1.807) is 0 Å². The highest BCUT2D eigenvalue weighted by Gasteiger charge is 2.13. The number of ketones is 1. The van der Waals surface area contributed by atoms with Gasteiger partial charge in [0.05, 0.1) is 6.54 Å². The van der Waals surface area contributed by atoms with Gasteiger partial charge in [0.1, 0.15) is 0 Å². The van der Waals surface area contributed by atoms with Crippen LogP contribution in [0.5, 0.6) is 0 Å². The van der Waals surface area contributed by atoms with Gasteiger partial charge in [-0.2, -0.15) is 0 Å². The summed E-state index contributed by atoms with van der Waals surface area (Å²) < 4.78 is 0. The van der Waals surface area contributed by atoms with Crippen molar-refractivity contribution in [2.24, 2.45) is 0 Å². The number of nitrogens with zero attached hydrogens (tertiary/aromatic N) is 1. The summed E-state index contributed by atoms with van der Waals surface area (Å²) in [5.74, 6) is -0.0951. The van der Waals surface area contributed by atoms with Crippen LogP contribution in [0.25, 0.3) is 0 Å². The summed E-state index contributed by atoms with van der Waals surface area (Å²) in [6, 6.07) is 0. The number of rotatable bonds is 0. The van der Waals surface area contributed by atoms with Gasteiger partial charge in [-0.3, -0.25) is 9.59 Å². The molecule has 3 heteroatoms. The summed E-state index contributed by atoms with van der Waals surface area (Å²) >= 11 is 0. The average Bonchev–Trinajstić information content (AvgIpc) is 2.14. The molecular formula is C6H7NO2. The minimum absolute atomic E-state index is 0.00907. The SMILES string of the molecule is CC(=O)N1C=CC(=O)C1. The van der Waals surface area contributed by atoms with Crippen molar-refractivity contribution in [3.8, 4) is 0 Å². The third-order valence-corrected chi connectivity index (χ3v) is 1.17. The summed E-state index contributed by atoms with van der Waals surface area (Å²) in [6.45, 7) is 1.65. The van der Waals surface area contributed by atoms with E-state index in [-0.39, 0.29) is 18.2 Å². The molecular weight excluding hydrogens is 118 g/mol. The maximum Gasteiger partial charge on any atom is 0.223 e. The van der Waals surface area contributed by atoms with Crippen LogP contribution >= 0.6 is 0 Å². The molecule has 0 spiro atoms. The van der Waals surface area contributed by atoms with Crippen LogP contribution in [-0.2, 0) is 9.59 Å². The van der Waals surface area contributed by atoms with E-state index >= 15 is 0 Å². The third-order valence-electron chi connectivity index (χ3n) is 1.17. The van der Waals surface area contributed by atoms with Crippen LogP contribution in [-0.4, -0.2) is 23.1 Å². The van der Waals surface area contributed by atoms with E-state index in [0.29, 0.717) is 0 Å². The lowest BCUT2D eigenvalue weighted by molar-refractivity contribution is -0.128. The highest BCUT2D eigenvalue weighted by molar-refractivity contribution is 5.97. The van der Waals surface area contributed by atoms with Gasteiger partial charge in [-0.05, 0) is 6.08 Å². The summed E-state index contributed by atoms with van der Waals surface area (Å²) in [7, 11) is 0. The fourth-order valence-corrected chi connectivity index (χ4v) is 0.663. The number of hydrogen-bond donors (Lipinski definition) is 0. The Kier molecular flexibility index (Phi) is 1.34. The summed E-state index contributed by atoms with van der Waals surface area (Å²) in [5.41, 5.74) is 0. The van der Waals surface area contributed by atoms with E-state index in [0.717, 1.165) is 0 Å². The lowest BCUT2D eigenvalue weighted by Gasteiger charge is -2.06. The molecule has 0 saturated carbocycles. The second-order valence-corrected chi connectivity index (χ2v) is 1.93. The Morgan fingerprint density at radius 1 is 1.78 bits per heavy atom. The Morgan fingerprint density at radius 2 is 2.44 bits per heavy atom. The molecule has 1 aliphatic rings. The van der Waals surface area contributed by atoms with Crippen LogP contribution in [0.1, 0.15) is 6.92 Å². The molecule has 0 atom stereocenters. The van der Waals surface area contributed by atoms with Crippen molar-refractivity contribution in [2.75, 3.05) is 6.54 Å². The molecule has 0 radical (unpaired) electrons. The topological polar surface area (TPSA) is 37.4 Å². The van der Waals surface area contributed by atoms with Gasteiger partial charge in [0.25, 0.3) is 0 Å². The molecule has 0 aliphatic carbocycles. The van der Waals surface area contributed by atoms with Crippen molar-refractivity contribution in [2.45, 2.75) is 6.92 Å². The highest BCUT2D eigenvalue weighted by atomic mass is 16.2. The molecule has 0 aromatic carbocycles. The Morgan fingerprint density at radius 3 is 2.67 bits per heavy atom. The first kappa shape index (κ1) is 6.01. The first-order valence-electron chi connectivity index (χ1n) is 2.68. The molecule has 48 valence electrons. The van der Waals surface area contributed by atoms with Crippen molar-refractivity contribution >= 4 is 11.7 Å². The van der Waals surface area contributed by atoms with E-state index in [2.05, 4.69) is 0 Å². The van der Waals surface area contributed by atoms with Gasteiger partial charge < -0.3 is 4.90 Å². The molecule has 0 N–H and O–H groups in total. The standard InChI is InChI=1S/C6H7NO2/c1-5(8)7-3-2-6(9)4-7/h2-3H,4H2,1H3. The summed E-state index contributed by atoms with van der Waals surface area (Å²) in [6.07, 6.45) is 2.91. The molecule has 0 aromatic heterocycles. The normalized spacial score (nSPS) is 17.0. The van der Waals surface area contributed by atoms with E-state index in [1.807, 2.05) is 0 Å². The molecule has 0 unspecified atom stereocenters. The molecule has 0 bridgehead atoms. The zero-order valence-electron chi connectivity index (χ0n) is 5.13. The summed E-state index contributed by atoms with van der Waals surface area (Å²) in [4.78, 5) is 22.4. The van der Waals surface area contributed by atoms with Crippen LogP contribution in [0.2, 0.25) is 0 Å². The number of hydrogen-bond acceptors (Lipinski definition) is 2. The predicted molar refractivity (Wildman–Crippen MR) is 31.5 cm³/mol. The first-order chi connectivity index (χ1) is 4.20. The largest absolute Gasteiger partial charge is 0.311 e. The summed E-state index contributed by atoms with van der Waals surface area (Å²) in [5, 5.41) is 0. The number of carbonyl (C=O) groups excluding carboxylic acids is 2. The molecule has 0 aromatic rings. The average molecular weight is 125 g/mol. The molecule has 1 rings (SSSR count). The van der Waals surface area contributed by atoms with E-state index < -0.39 is 0 Å². The molecule has 0 saturated heterocycles. The van der Waals surface area contributed by atoms with Gasteiger partial charge in [0.15, 0.2) is 5.78 Å². The maximum atomic E-state index is 10.5. The van der Waals surface area contributed by atoms with E-state index in [4.69, 9.17) is 0 Å². The van der Waals surface area contributed by atoms with Gasteiger partial charge in [0.2, 0.25) is 5.91 Å². The van der Waals surface area contributed by atoms with Gasteiger partial charge in [-0.25, -0.2) is 0 Å². The van der Waals surface area contributed by atoms with Gasteiger partial charge in [-0.1, -0.05) is 0 Å². The Labute approximate surface area is 53.0 Å². The number of carbonyl (C=O) groups is 2. The quantitative estimate of drug-likeness (QED) is 0.454. The lowest BCUT2D eigenvalue weighted by Crippen LogP contribution is -2.22. The molecule has 9 heavy (non-hydrogen) atoms. The molecule has 0 fully saturated rings. The van der Waals surface area contributed by atoms with Crippen LogP contribution in [0.15, 0.2) is 12.3 Å². The fourth-order valence-electron chi connectivity index (χ4n) is 0.663. The monoisotopic (exact) mass is 125 g/mol. The van der Waals surface area contributed by atoms with E-state index in [9.17, 15) is 9.59 Å². The molecule has 1 amide bonds. The Hall–Kier alpha value is -1.12.